The van der Waals surface area contributed by atoms with Gasteiger partial charge in [-0.2, -0.15) is 0 Å². The molecule has 0 aliphatic rings. The zero-order chi connectivity index (χ0) is 18.0. The van der Waals surface area contributed by atoms with Gasteiger partial charge < -0.3 is 19.8 Å². The van der Waals surface area contributed by atoms with Gasteiger partial charge in [-0.25, -0.2) is 0 Å². The molecular weight excluding hydrogens is 338 g/mol. The van der Waals surface area contributed by atoms with E-state index in [1.165, 1.54) is 0 Å². The smallest absolute Gasteiger partial charge is 0.193 e. The fourth-order valence-corrected chi connectivity index (χ4v) is 2.79. The summed E-state index contributed by atoms with van der Waals surface area (Å²) in [5, 5.41) is 9.53. The molecule has 0 fully saturated rings. The minimum Gasteiger partial charge on any atom is -0.489 e. The Hall–Kier alpha value is -2.66. The molecule has 5 nitrogen and oxygen atoms in total. The number of anilines is 1. The van der Waals surface area contributed by atoms with E-state index in [0.717, 1.165) is 11.0 Å². The van der Waals surface area contributed by atoms with Crippen LogP contribution in [0.15, 0.2) is 52.9 Å². The fourth-order valence-electron chi connectivity index (χ4n) is 2.63. The maximum atomic E-state index is 7.99. The Morgan fingerprint density at radius 3 is 2.68 bits per heavy atom. The summed E-state index contributed by atoms with van der Waals surface area (Å²) in [7, 11) is 0. The molecule has 0 atom stereocenters. The third-order valence-electron chi connectivity index (χ3n) is 3.66. The molecule has 0 amide bonds. The molecule has 0 saturated carbocycles. The fraction of sp³-hybridized carbons (Fsp3) is 0.211. The Morgan fingerprint density at radius 1 is 1.24 bits per heavy atom. The highest BCUT2D eigenvalue weighted by Crippen LogP contribution is 2.33. The Kier molecular flexibility index (Phi) is 4.86. The highest BCUT2D eigenvalue weighted by Gasteiger charge is 2.19. The number of fused-ring (bicyclic) bond motifs is 1. The number of hydrogen-bond donors (Lipinski definition) is 2. The van der Waals surface area contributed by atoms with E-state index in [-0.39, 0.29) is 12.1 Å². The molecule has 130 valence electrons. The molecular formula is C19H20ClN3O2. The minimum absolute atomic E-state index is 0.0139. The lowest BCUT2D eigenvalue weighted by molar-refractivity contribution is 0.243. The van der Waals surface area contributed by atoms with Gasteiger partial charge in [-0.1, -0.05) is 29.8 Å². The zero-order valence-electron chi connectivity index (χ0n) is 14.1. The van der Waals surface area contributed by atoms with E-state index in [9.17, 15) is 0 Å². The average Bonchev–Trinajstić information content (AvgIpc) is 2.96. The summed E-state index contributed by atoms with van der Waals surface area (Å²) in [5.74, 6) is 1.20. The molecule has 2 aromatic carbocycles. The third-order valence-corrected chi connectivity index (χ3v) is 3.89. The second kappa shape index (κ2) is 7.07. The van der Waals surface area contributed by atoms with Crippen LogP contribution in [0.2, 0.25) is 5.02 Å². The van der Waals surface area contributed by atoms with E-state index >= 15 is 0 Å². The van der Waals surface area contributed by atoms with Crippen molar-refractivity contribution in [1.29, 1.82) is 5.41 Å². The lowest BCUT2D eigenvalue weighted by atomic mass is 10.2. The zero-order valence-corrected chi connectivity index (χ0v) is 14.9. The van der Waals surface area contributed by atoms with Gasteiger partial charge in [0, 0.05) is 10.4 Å². The second-order valence-corrected chi connectivity index (χ2v) is 6.44. The van der Waals surface area contributed by atoms with Crippen molar-refractivity contribution in [1.82, 2.24) is 0 Å². The van der Waals surface area contributed by atoms with Crippen LogP contribution in [0, 0.1) is 5.41 Å². The largest absolute Gasteiger partial charge is 0.489 e. The van der Waals surface area contributed by atoms with Crippen molar-refractivity contribution >= 4 is 34.2 Å². The molecule has 1 aromatic heterocycles. The lowest BCUT2D eigenvalue weighted by Crippen LogP contribution is -2.36. The molecule has 1 heterocycles. The Morgan fingerprint density at radius 2 is 2.00 bits per heavy atom. The standard InChI is InChI=1S/C19H20ClN3O2/c1-12(2)24-18-8-7-14(20)10-16(18)23(19(21)22)11-15-9-13-5-3-4-6-17(13)25-15/h3-10,12H,11H2,1-2H3,(H3,21,22). The molecule has 3 rings (SSSR count). The monoisotopic (exact) mass is 357 g/mol. The van der Waals surface area contributed by atoms with Crippen molar-refractivity contribution in [2.45, 2.75) is 26.5 Å². The van der Waals surface area contributed by atoms with Gasteiger partial charge in [0.1, 0.15) is 17.1 Å². The summed E-state index contributed by atoms with van der Waals surface area (Å²) in [5.41, 5.74) is 7.26. The summed E-state index contributed by atoms with van der Waals surface area (Å²) in [6, 6.07) is 15.0. The maximum absolute atomic E-state index is 7.99. The summed E-state index contributed by atoms with van der Waals surface area (Å²) in [4.78, 5) is 1.61. The molecule has 6 heteroatoms. The Bertz CT molecular complexity index is 872. The van der Waals surface area contributed by atoms with Gasteiger partial charge in [0.05, 0.1) is 18.3 Å². The van der Waals surface area contributed by atoms with E-state index in [1.54, 1.807) is 23.1 Å². The number of benzene rings is 2. The predicted octanol–water partition coefficient (Wildman–Crippen LogP) is 4.77. The number of para-hydroxylation sites is 1. The van der Waals surface area contributed by atoms with Crippen LogP contribution in [0.25, 0.3) is 11.0 Å². The number of rotatable bonds is 5. The van der Waals surface area contributed by atoms with E-state index < -0.39 is 0 Å². The van der Waals surface area contributed by atoms with Gasteiger partial charge in [0.15, 0.2) is 5.96 Å². The molecule has 25 heavy (non-hydrogen) atoms. The Balaban J connectivity index is 1.98. The summed E-state index contributed by atoms with van der Waals surface area (Å²) < 4.78 is 11.7. The van der Waals surface area contributed by atoms with Crippen LogP contribution in [0.5, 0.6) is 5.75 Å². The highest BCUT2D eigenvalue weighted by atomic mass is 35.5. The van der Waals surface area contributed by atoms with Crippen molar-refractivity contribution in [3.8, 4) is 5.75 Å². The Labute approximate surface area is 151 Å². The number of halogens is 1. The van der Waals surface area contributed by atoms with Gasteiger partial charge >= 0.3 is 0 Å². The van der Waals surface area contributed by atoms with Crippen LogP contribution in [-0.4, -0.2) is 12.1 Å². The number of nitrogens with zero attached hydrogens (tertiary/aromatic N) is 1. The molecule has 3 N–H and O–H groups in total. The molecule has 0 spiro atoms. The quantitative estimate of drug-likeness (QED) is 0.509. The number of hydrogen-bond acceptors (Lipinski definition) is 3. The molecule has 0 aliphatic carbocycles. The van der Waals surface area contributed by atoms with Gasteiger partial charge in [0.2, 0.25) is 0 Å². The highest BCUT2D eigenvalue weighted by molar-refractivity contribution is 6.31. The van der Waals surface area contributed by atoms with Crippen LogP contribution in [0.4, 0.5) is 5.69 Å². The van der Waals surface area contributed by atoms with Gasteiger partial charge in [-0.15, -0.1) is 0 Å². The minimum atomic E-state index is -0.115. The van der Waals surface area contributed by atoms with Gasteiger partial charge in [0.25, 0.3) is 0 Å². The first-order valence-corrected chi connectivity index (χ1v) is 8.37. The SMILES string of the molecule is CC(C)Oc1ccc(Cl)cc1N(Cc1cc2ccccc2o1)C(=N)N. The molecule has 0 aliphatic heterocycles. The maximum Gasteiger partial charge on any atom is 0.193 e. The van der Waals surface area contributed by atoms with Crippen molar-refractivity contribution in [3.05, 3.63) is 59.3 Å². The predicted molar refractivity (Wildman–Crippen MR) is 102 cm³/mol. The van der Waals surface area contributed by atoms with Crippen LogP contribution in [-0.2, 0) is 6.54 Å². The van der Waals surface area contributed by atoms with Crippen molar-refractivity contribution in [2.24, 2.45) is 5.73 Å². The number of furan rings is 1. The first-order chi connectivity index (χ1) is 11.9. The van der Waals surface area contributed by atoms with Crippen LogP contribution in [0.1, 0.15) is 19.6 Å². The van der Waals surface area contributed by atoms with Crippen molar-refractivity contribution < 1.29 is 9.15 Å². The molecule has 0 unspecified atom stereocenters. The summed E-state index contributed by atoms with van der Waals surface area (Å²) >= 11 is 6.15. The van der Waals surface area contributed by atoms with Gasteiger partial charge in [-0.05, 0) is 44.2 Å². The molecule has 0 saturated heterocycles. The molecule has 0 radical (unpaired) electrons. The van der Waals surface area contributed by atoms with Crippen LogP contribution >= 0.6 is 11.6 Å². The van der Waals surface area contributed by atoms with Crippen LogP contribution < -0.4 is 15.4 Å². The van der Waals surface area contributed by atoms with E-state index in [2.05, 4.69) is 0 Å². The van der Waals surface area contributed by atoms with E-state index in [4.69, 9.17) is 31.9 Å². The number of nitrogens with two attached hydrogens (primary N) is 1. The number of ether oxygens (including phenoxy) is 1. The first-order valence-electron chi connectivity index (χ1n) is 7.99. The first kappa shape index (κ1) is 17.2. The lowest BCUT2D eigenvalue weighted by Gasteiger charge is -2.25. The van der Waals surface area contributed by atoms with Crippen molar-refractivity contribution in [2.75, 3.05) is 4.90 Å². The summed E-state index contributed by atoms with van der Waals surface area (Å²) in [6.07, 6.45) is -0.0139. The summed E-state index contributed by atoms with van der Waals surface area (Å²) in [6.45, 7) is 4.18. The normalized spacial score (nSPS) is 11.0. The number of guanidine groups is 1. The molecule has 3 aromatic rings. The second-order valence-electron chi connectivity index (χ2n) is 6.00. The van der Waals surface area contributed by atoms with Crippen molar-refractivity contribution in [3.63, 3.8) is 0 Å². The van der Waals surface area contributed by atoms with E-state index in [0.29, 0.717) is 28.8 Å². The number of nitrogens with one attached hydrogen (secondary N) is 1. The van der Waals surface area contributed by atoms with Crippen LogP contribution in [0.3, 0.4) is 0 Å². The molecule has 0 bridgehead atoms. The topological polar surface area (TPSA) is 75.5 Å². The average molecular weight is 358 g/mol. The third kappa shape index (κ3) is 3.88. The van der Waals surface area contributed by atoms with E-state index in [1.807, 2.05) is 44.2 Å². The van der Waals surface area contributed by atoms with Gasteiger partial charge in [-0.3, -0.25) is 5.41 Å².